The number of halogens is 1. The molecular formula is C18H18FN3OS. The minimum atomic E-state index is -0.258. The van der Waals surface area contributed by atoms with Gasteiger partial charge >= 0.3 is 0 Å². The molecule has 3 aromatic rings. The summed E-state index contributed by atoms with van der Waals surface area (Å²) in [5, 5.41) is 7.44. The van der Waals surface area contributed by atoms with Gasteiger partial charge in [-0.25, -0.2) is 4.39 Å². The number of aromatic nitrogens is 2. The Balaban J connectivity index is 1.81. The zero-order valence-electron chi connectivity index (χ0n) is 13.8. The van der Waals surface area contributed by atoms with Crippen LogP contribution in [0.5, 0.6) is 0 Å². The predicted octanol–water partition coefficient (Wildman–Crippen LogP) is 4.31. The first kappa shape index (κ1) is 16.4. The van der Waals surface area contributed by atoms with E-state index in [2.05, 4.69) is 10.4 Å². The first-order valence-electron chi connectivity index (χ1n) is 7.60. The second kappa shape index (κ2) is 6.57. The van der Waals surface area contributed by atoms with Crippen molar-refractivity contribution in [2.24, 2.45) is 0 Å². The number of hydrogen-bond acceptors (Lipinski definition) is 3. The van der Waals surface area contributed by atoms with Crippen molar-refractivity contribution in [1.82, 2.24) is 9.78 Å². The van der Waals surface area contributed by atoms with Crippen LogP contribution in [0.15, 0.2) is 36.4 Å². The molecule has 1 N–H and O–H groups in total. The Kier molecular flexibility index (Phi) is 4.49. The highest BCUT2D eigenvalue weighted by Gasteiger charge is 2.16. The Hall–Kier alpha value is -2.47. The van der Waals surface area contributed by atoms with Gasteiger partial charge in [0.25, 0.3) is 5.91 Å². The average molecular weight is 343 g/mol. The van der Waals surface area contributed by atoms with Gasteiger partial charge in [-0.1, -0.05) is 12.1 Å². The third-order valence-corrected chi connectivity index (χ3v) is 4.83. The van der Waals surface area contributed by atoms with Crippen molar-refractivity contribution in [3.63, 3.8) is 0 Å². The van der Waals surface area contributed by atoms with E-state index >= 15 is 0 Å². The Morgan fingerprint density at radius 2 is 1.88 bits per heavy atom. The highest BCUT2D eigenvalue weighted by Crippen LogP contribution is 2.23. The molecule has 4 nitrogen and oxygen atoms in total. The number of nitrogens with one attached hydrogen (secondary N) is 1. The summed E-state index contributed by atoms with van der Waals surface area (Å²) in [6.45, 7) is 6.28. The summed E-state index contributed by atoms with van der Waals surface area (Å²) in [6.07, 6.45) is 0. The van der Waals surface area contributed by atoms with Gasteiger partial charge in [-0.3, -0.25) is 9.48 Å². The fraction of sp³-hybridized carbons (Fsp3) is 0.222. The summed E-state index contributed by atoms with van der Waals surface area (Å²) < 4.78 is 14.8. The van der Waals surface area contributed by atoms with Crippen LogP contribution in [-0.4, -0.2) is 15.7 Å². The van der Waals surface area contributed by atoms with Crippen molar-refractivity contribution in [1.29, 1.82) is 0 Å². The van der Waals surface area contributed by atoms with E-state index in [1.165, 1.54) is 23.5 Å². The van der Waals surface area contributed by atoms with Crippen LogP contribution in [0.25, 0.3) is 0 Å². The van der Waals surface area contributed by atoms with Crippen LogP contribution >= 0.6 is 11.3 Å². The van der Waals surface area contributed by atoms with Crippen LogP contribution in [0.2, 0.25) is 0 Å². The SMILES string of the molecule is Cc1ccc(C(=O)Nc2c(C)nn(Cc3ccc(F)cc3)c2C)s1. The molecule has 1 amide bonds. The molecule has 0 aliphatic heterocycles. The standard InChI is InChI=1S/C18H18FN3OS/c1-11-4-9-16(24-11)18(23)20-17-12(2)21-22(13(17)3)10-14-5-7-15(19)8-6-14/h4-9H,10H2,1-3H3,(H,20,23). The maximum Gasteiger partial charge on any atom is 0.265 e. The van der Waals surface area contributed by atoms with E-state index in [1.54, 1.807) is 12.1 Å². The Morgan fingerprint density at radius 1 is 1.17 bits per heavy atom. The lowest BCUT2D eigenvalue weighted by Crippen LogP contribution is -2.12. The van der Waals surface area contributed by atoms with Crippen LogP contribution in [-0.2, 0) is 6.54 Å². The highest BCUT2D eigenvalue weighted by atomic mass is 32.1. The number of hydrogen-bond donors (Lipinski definition) is 1. The maximum atomic E-state index is 13.0. The van der Waals surface area contributed by atoms with Crippen LogP contribution < -0.4 is 5.32 Å². The molecule has 2 heterocycles. The summed E-state index contributed by atoms with van der Waals surface area (Å²) in [5.74, 6) is -0.382. The number of aryl methyl sites for hydroxylation is 2. The molecule has 0 saturated heterocycles. The molecule has 0 aliphatic carbocycles. The molecule has 1 aromatic carbocycles. The molecule has 0 atom stereocenters. The molecule has 0 bridgehead atoms. The maximum absolute atomic E-state index is 13.0. The molecule has 0 unspecified atom stereocenters. The number of anilines is 1. The highest BCUT2D eigenvalue weighted by molar-refractivity contribution is 7.14. The monoisotopic (exact) mass is 343 g/mol. The van der Waals surface area contributed by atoms with E-state index in [4.69, 9.17) is 0 Å². The molecule has 24 heavy (non-hydrogen) atoms. The van der Waals surface area contributed by atoms with Crippen molar-refractivity contribution in [3.8, 4) is 0 Å². The van der Waals surface area contributed by atoms with Gasteiger partial charge in [0.1, 0.15) is 5.82 Å². The van der Waals surface area contributed by atoms with Gasteiger partial charge in [0.15, 0.2) is 0 Å². The Labute approximate surface area is 143 Å². The van der Waals surface area contributed by atoms with Crippen LogP contribution in [0.3, 0.4) is 0 Å². The van der Waals surface area contributed by atoms with Gasteiger partial charge in [0.05, 0.1) is 28.5 Å². The van der Waals surface area contributed by atoms with Crippen LogP contribution in [0.4, 0.5) is 10.1 Å². The van der Waals surface area contributed by atoms with Crippen molar-refractivity contribution < 1.29 is 9.18 Å². The van der Waals surface area contributed by atoms with E-state index in [0.29, 0.717) is 11.4 Å². The Bertz CT molecular complexity index is 880. The molecule has 0 fully saturated rings. The lowest BCUT2D eigenvalue weighted by atomic mass is 10.2. The number of carbonyl (C=O) groups excluding carboxylic acids is 1. The average Bonchev–Trinajstić information content (AvgIpc) is 3.09. The number of thiophene rings is 1. The number of carbonyl (C=O) groups is 1. The molecule has 0 radical (unpaired) electrons. The van der Waals surface area contributed by atoms with Crippen LogP contribution in [0, 0.1) is 26.6 Å². The van der Waals surface area contributed by atoms with Gasteiger partial charge in [0.2, 0.25) is 0 Å². The lowest BCUT2D eigenvalue weighted by molar-refractivity contribution is 0.103. The largest absolute Gasteiger partial charge is 0.318 e. The molecule has 6 heteroatoms. The minimum absolute atomic E-state index is 0.124. The quantitative estimate of drug-likeness (QED) is 0.767. The zero-order chi connectivity index (χ0) is 17.3. The normalized spacial score (nSPS) is 10.8. The van der Waals surface area contributed by atoms with Gasteiger partial charge in [-0.15, -0.1) is 11.3 Å². The van der Waals surface area contributed by atoms with E-state index < -0.39 is 0 Å². The van der Waals surface area contributed by atoms with E-state index in [0.717, 1.165) is 27.5 Å². The molecular weight excluding hydrogens is 325 g/mol. The molecule has 0 saturated carbocycles. The van der Waals surface area contributed by atoms with Crippen molar-refractivity contribution in [2.75, 3.05) is 5.32 Å². The summed E-state index contributed by atoms with van der Waals surface area (Å²) in [6, 6.07) is 10.1. The van der Waals surface area contributed by atoms with Crippen molar-refractivity contribution in [2.45, 2.75) is 27.3 Å². The topological polar surface area (TPSA) is 46.9 Å². The summed E-state index contributed by atoms with van der Waals surface area (Å²) >= 11 is 1.46. The van der Waals surface area contributed by atoms with Crippen molar-refractivity contribution >= 4 is 22.9 Å². The zero-order valence-corrected chi connectivity index (χ0v) is 14.6. The summed E-state index contributed by atoms with van der Waals surface area (Å²) in [7, 11) is 0. The minimum Gasteiger partial charge on any atom is -0.318 e. The number of nitrogens with zero attached hydrogens (tertiary/aromatic N) is 2. The molecule has 124 valence electrons. The van der Waals surface area contributed by atoms with Gasteiger partial charge in [0, 0.05) is 4.88 Å². The molecule has 0 aliphatic rings. The first-order chi connectivity index (χ1) is 11.4. The fourth-order valence-electron chi connectivity index (χ4n) is 2.53. The summed E-state index contributed by atoms with van der Waals surface area (Å²) in [4.78, 5) is 14.1. The third-order valence-electron chi connectivity index (χ3n) is 3.83. The first-order valence-corrected chi connectivity index (χ1v) is 8.42. The second-order valence-electron chi connectivity index (χ2n) is 5.69. The third kappa shape index (κ3) is 3.38. The predicted molar refractivity (Wildman–Crippen MR) is 94.2 cm³/mol. The van der Waals surface area contributed by atoms with Gasteiger partial charge in [-0.05, 0) is 50.6 Å². The number of benzene rings is 1. The fourth-order valence-corrected chi connectivity index (χ4v) is 3.29. The molecule has 0 spiro atoms. The second-order valence-corrected chi connectivity index (χ2v) is 6.98. The smallest absolute Gasteiger partial charge is 0.265 e. The molecule has 3 rings (SSSR count). The van der Waals surface area contributed by atoms with Crippen LogP contribution in [0.1, 0.15) is 31.5 Å². The Morgan fingerprint density at radius 3 is 2.50 bits per heavy atom. The lowest BCUT2D eigenvalue weighted by Gasteiger charge is -2.07. The van der Waals surface area contributed by atoms with E-state index in [9.17, 15) is 9.18 Å². The molecule has 2 aromatic heterocycles. The van der Waals surface area contributed by atoms with Gasteiger partial charge in [-0.2, -0.15) is 5.10 Å². The van der Waals surface area contributed by atoms with E-state index in [1.807, 2.05) is 37.6 Å². The van der Waals surface area contributed by atoms with Gasteiger partial charge < -0.3 is 5.32 Å². The van der Waals surface area contributed by atoms with Crippen molar-refractivity contribution in [3.05, 3.63) is 68.9 Å². The van der Waals surface area contributed by atoms with E-state index in [-0.39, 0.29) is 11.7 Å². The number of amides is 1. The summed E-state index contributed by atoms with van der Waals surface area (Å²) in [5.41, 5.74) is 3.32. The number of rotatable bonds is 4.